The van der Waals surface area contributed by atoms with Crippen molar-refractivity contribution in [2.45, 2.75) is 19.8 Å². The maximum absolute atomic E-state index is 12.1. The lowest BCUT2D eigenvalue weighted by atomic mass is 10.00. The molecule has 100 valence electrons. The molecule has 0 bridgehead atoms. The van der Waals surface area contributed by atoms with Crippen molar-refractivity contribution in [1.82, 2.24) is 4.90 Å². The monoisotopic (exact) mass is 251 g/mol. The summed E-state index contributed by atoms with van der Waals surface area (Å²) in [5.74, 6) is 1.31. The zero-order chi connectivity index (χ0) is 13.7. The number of methoxy groups -OCH3 is 2. The van der Waals surface area contributed by atoms with Crippen LogP contribution in [0.3, 0.4) is 0 Å². The van der Waals surface area contributed by atoms with Crippen molar-refractivity contribution in [3.63, 3.8) is 0 Å². The van der Waals surface area contributed by atoms with Crippen molar-refractivity contribution in [1.29, 1.82) is 0 Å². The zero-order valence-electron chi connectivity index (χ0n) is 11.7. The second kappa shape index (κ2) is 6.28. The summed E-state index contributed by atoms with van der Waals surface area (Å²) in [7, 11) is 6.69. The number of amides is 1. The summed E-state index contributed by atoms with van der Waals surface area (Å²) in [4.78, 5) is 13.7. The van der Waals surface area contributed by atoms with E-state index in [1.807, 2.05) is 0 Å². The van der Waals surface area contributed by atoms with Gasteiger partial charge in [-0.1, -0.05) is 13.3 Å². The van der Waals surface area contributed by atoms with Gasteiger partial charge in [-0.05, 0) is 18.6 Å². The van der Waals surface area contributed by atoms with Crippen LogP contribution in [0.15, 0.2) is 12.1 Å². The number of hydrogen-bond acceptors (Lipinski definition) is 3. The van der Waals surface area contributed by atoms with Crippen molar-refractivity contribution >= 4 is 5.91 Å². The lowest BCUT2D eigenvalue weighted by Gasteiger charge is -2.18. The SMILES string of the molecule is CCCc1c(C(=O)N(C)C)ccc(OC)c1OC. The molecule has 0 fully saturated rings. The fourth-order valence-electron chi connectivity index (χ4n) is 1.93. The number of carbonyl (C=O) groups excluding carboxylic acids is 1. The van der Waals surface area contributed by atoms with E-state index in [0.717, 1.165) is 18.4 Å². The molecule has 4 nitrogen and oxygen atoms in total. The van der Waals surface area contributed by atoms with E-state index in [-0.39, 0.29) is 5.91 Å². The van der Waals surface area contributed by atoms with E-state index >= 15 is 0 Å². The van der Waals surface area contributed by atoms with Crippen molar-refractivity contribution < 1.29 is 14.3 Å². The van der Waals surface area contributed by atoms with Crippen LogP contribution in [-0.4, -0.2) is 39.1 Å². The van der Waals surface area contributed by atoms with Crippen molar-refractivity contribution in [2.24, 2.45) is 0 Å². The first kappa shape index (κ1) is 14.4. The molecule has 0 heterocycles. The van der Waals surface area contributed by atoms with Gasteiger partial charge >= 0.3 is 0 Å². The van der Waals surface area contributed by atoms with E-state index in [0.29, 0.717) is 17.1 Å². The molecule has 1 aromatic carbocycles. The van der Waals surface area contributed by atoms with Crippen LogP contribution >= 0.6 is 0 Å². The van der Waals surface area contributed by atoms with Crippen molar-refractivity contribution in [3.8, 4) is 11.5 Å². The Morgan fingerprint density at radius 3 is 2.33 bits per heavy atom. The Bertz CT molecular complexity index is 427. The molecule has 0 aliphatic carbocycles. The van der Waals surface area contributed by atoms with Crippen LogP contribution in [-0.2, 0) is 6.42 Å². The third kappa shape index (κ3) is 2.75. The fourth-order valence-corrected chi connectivity index (χ4v) is 1.93. The third-order valence-electron chi connectivity index (χ3n) is 2.79. The van der Waals surface area contributed by atoms with E-state index in [1.54, 1.807) is 45.3 Å². The molecule has 0 atom stereocenters. The lowest BCUT2D eigenvalue weighted by Crippen LogP contribution is -2.23. The molecule has 0 aliphatic rings. The molecule has 0 radical (unpaired) electrons. The smallest absolute Gasteiger partial charge is 0.253 e. The highest BCUT2D eigenvalue weighted by Crippen LogP contribution is 2.34. The first-order valence-electron chi connectivity index (χ1n) is 6.02. The van der Waals surface area contributed by atoms with Crippen LogP contribution in [0, 0.1) is 0 Å². The van der Waals surface area contributed by atoms with Crippen molar-refractivity contribution in [2.75, 3.05) is 28.3 Å². The van der Waals surface area contributed by atoms with Gasteiger partial charge in [-0.15, -0.1) is 0 Å². The summed E-state index contributed by atoms with van der Waals surface area (Å²) in [5.41, 5.74) is 1.59. The molecule has 18 heavy (non-hydrogen) atoms. The minimum atomic E-state index is -0.0144. The Hall–Kier alpha value is -1.71. The van der Waals surface area contributed by atoms with Gasteiger partial charge in [0.05, 0.1) is 14.2 Å². The highest BCUT2D eigenvalue weighted by Gasteiger charge is 2.19. The Kier molecular flexibility index (Phi) is 5.01. The number of nitrogens with zero attached hydrogens (tertiary/aromatic N) is 1. The third-order valence-corrected chi connectivity index (χ3v) is 2.79. The highest BCUT2D eigenvalue weighted by atomic mass is 16.5. The molecule has 0 saturated carbocycles. The van der Waals surface area contributed by atoms with Gasteiger partial charge in [0, 0.05) is 25.2 Å². The molecule has 0 aliphatic heterocycles. The summed E-state index contributed by atoms with van der Waals surface area (Å²) in [6.45, 7) is 2.07. The highest BCUT2D eigenvalue weighted by molar-refractivity contribution is 5.96. The van der Waals surface area contributed by atoms with Crippen LogP contribution in [0.4, 0.5) is 0 Å². The molecule has 0 unspecified atom stereocenters. The normalized spacial score (nSPS) is 10.1. The van der Waals surface area contributed by atoms with E-state index in [1.165, 1.54) is 0 Å². The van der Waals surface area contributed by atoms with Crippen molar-refractivity contribution in [3.05, 3.63) is 23.3 Å². The van der Waals surface area contributed by atoms with Crippen LogP contribution in [0.25, 0.3) is 0 Å². The minimum absolute atomic E-state index is 0.0144. The van der Waals surface area contributed by atoms with Gasteiger partial charge in [0.2, 0.25) is 0 Å². The average Bonchev–Trinajstić information content (AvgIpc) is 2.37. The summed E-state index contributed by atoms with van der Waals surface area (Å²) in [5, 5.41) is 0. The predicted molar refractivity (Wildman–Crippen MR) is 71.6 cm³/mol. The predicted octanol–water partition coefficient (Wildman–Crippen LogP) is 2.36. The molecule has 0 spiro atoms. The molecular formula is C14H21NO3. The Morgan fingerprint density at radius 1 is 1.22 bits per heavy atom. The lowest BCUT2D eigenvalue weighted by molar-refractivity contribution is 0.0826. The quantitative estimate of drug-likeness (QED) is 0.806. The summed E-state index contributed by atoms with van der Waals surface area (Å²) in [6, 6.07) is 3.57. The first-order valence-corrected chi connectivity index (χ1v) is 6.02. The minimum Gasteiger partial charge on any atom is -0.493 e. The zero-order valence-corrected chi connectivity index (χ0v) is 11.7. The Labute approximate surface area is 108 Å². The van der Waals surface area contributed by atoms with Gasteiger partial charge in [0.25, 0.3) is 5.91 Å². The van der Waals surface area contributed by atoms with Crippen LogP contribution in [0.2, 0.25) is 0 Å². The van der Waals surface area contributed by atoms with Gasteiger partial charge in [-0.2, -0.15) is 0 Å². The maximum Gasteiger partial charge on any atom is 0.253 e. The van der Waals surface area contributed by atoms with Crippen LogP contribution < -0.4 is 9.47 Å². The number of carbonyl (C=O) groups is 1. The number of benzene rings is 1. The number of hydrogen-bond donors (Lipinski definition) is 0. The molecule has 4 heteroatoms. The topological polar surface area (TPSA) is 38.8 Å². The molecule has 1 amide bonds. The second-order valence-corrected chi connectivity index (χ2v) is 4.28. The maximum atomic E-state index is 12.1. The standard InChI is InChI=1S/C14H21NO3/c1-6-7-10-11(14(16)15(2)3)8-9-12(17-4)13(10)18-5/h8-9H,6-7H2,1-5H3. The fraction of sp³-hybridized carbons (Fsp3) is 0.500. The summed E-state index contributed by atoms with van der Waals surface area (Å²) in [6.07, 6.45) is 1.73. The Balaban J connectivity index is 3.38. The molecular weight excluding hydrogens is 230 g/mol. The Morgan fingerprint density at radius 2 is 1.89 bits per heavy atom. The first-order chi connectivity index (χ1) is 8.56. The number of rotatable bonds is 5. The molecule has 1 aromatic rings. The molecule has 0 aromatic heterocycles. The molecule has 1 rings (SSSR count). The second-order valence-electron chi connectivity index (χ2n) is 4.28. The van der Waals surface area contributed by atoms with E-state index < -0.39 is 0 Å². The van der Waals surface area contributed by atoms with Crippen LogP contribution in [0.5, 0.6) is 11.5 Å². The van der Waals surface area contributed by atoms with E-state index in [4.69, 9.17) is 9.47 Å². The van der Waals surface area contributed by atoms with Gasteiger partial charge in [-0.3, -0.25) is 4.79 Å². The summed E-state index contributed by atoms with van der Waals surface area (Å²) < 4.78 is 10.7. The van der Waals surface area contributed by atoms with E-state index in [2.05, 4.69) is 6.92 Å². The van der Waals surface area contributed by atoms with Gasteiger partial charge in [0.15, 0.2) is 11.5 Å². The molecule has 0 N–H and O–H groups in total. The largest absolute Gasteiger partial charge is 0.493 e. The van der Waals surface area contributed by atoms with Gasteiger partial charge < -0.3 is 14.4 Å². The van der Waals surface area contributed by atoms with Crippen LogP contribution in [0.1, 0.15) is 29.3 Å². The van der Waals surface area contributed by atoms with Gasteiger partial charge in [0.1, 0.15) is 0 Å². The van der Waals surface area contributed by atoms with E-state index in [9.17, 15) is 4.79 Å². The van der Waals surface area contributed by atoms with Gasteiger partial charge in [-0.25, -0.2) is 0 Å². The number of ether oxygens (including phenoxy) is 2. The summed E-state index contributed by atoms with van der Waals surface area (Å²) >= 11 is 0. The molecule has 0 saturated heterocycles. The average molecular weight is 251 g/mol.